The molecule has 1 aromatic carbocycles. The highest BCUT2D eigenvalue weighted by molar-refractivity contribution is 6.04. The molecule has 2 N–H and O–H groups in total. The number of nitrogens with two attached hydrogens (primary N) is 1. The number of ether oxygens (including phenoxy) is 1. The number of primary amides is 1. The summed E-state index contributed by atoms with van der Waals surface area (Å²) in [4.78, 5) is 15.9. The van der Waals surface area contributed by atoms with Crippen LogP contribution in [0.15, 0.2) is 36.5 Å². The molecular formula is C15H14N4O2. The van der Waals surface area contributed by atoms with E-state index in [9.17, 15) is 4.79 Å². The van der Waals surface area contributed by atoms with Crippen LogP contribution in [0.3, 0.4) is 0 Å². The monoisotopic (exact) mass is 282 g/mol. The molecule has 6 heteroatoms. The molecule has 0 aliphatic carbocycles. The summed E-state index contributed by atoms with van der Waals surface area (Å²) in [6, 6.07) is 9.17. The number of methoxy groups -OCH3 is 1. The number of aryl methyl sites for hydroxylation is 1. The first-order valence-electron chi connectivity index (χ1n) is 6.40. The van der Waals surface area contributed by atoms with Gasteiger partial charge in [-0.25, -0.2) is 9.67 Å². The number of fused-ring (bicyclic) bond motifs is 1. The van der Waals surface area contributed by atoms with E-state index < -0.39 is 5.91 Å². The van der Waals surface area contributed by atoms with Crippen molar-refractivity contribution in [1.82, 2.24) is 14.8 Å². The first-order valence-corrected chi connectivity index (χ1v) is 6.40. The zero-order valence-electron chi connectivity index (χ0n) is 11.7. The fraction of sp³-hybridized carbons (Fsp3) is 0.133. The maximum absolute atomic E-state index is 11.6. The van der Waals surface area contributed by atoms with Crippen LogP contribution in [0.2, 0.25) is 0 Å². The Bertz CT molecular complexity index is 839. The Balaban J connectivity index is 2.31. The maximum Gasteiger partial charge on any atom is 0.269 e. The number of aromatic nitrogens is 3. The minimum Gasteiger partial charge on any atom is -0.497 e. The number of nitrogens with zero attached hydrogens (tertiary/aromatic N) is 3. The number of pyridine rings is 1. The molecule has 6 nitrogen and oxygen atoms in total. The van der Waals surface area contributed by atoms with Gasteiger partial charge in [-0.1, -0.05) is 0 Å². The van der Waals surface area contributed by atoms with Gasteiger partial charge in [0.15, 0.2) is 11.5 Å². The number of carbonyl (C=O) groups is 1. The van der Waals surface area contributed by atoms with Gasteiger partial charge in [0.1, 0.15) is 5.75 Å². The third-order valence-electron chi connectivity index (χ3n) is 3.24. The van der Waals surface area contributed by atoms with Gasteiger partial charge in [-0.2, -0.15) is 5.10 Å². The quantitative estimate of drug-likeness (QED) is 0.794. The second-order valence-electron chi connectivity index (χ2n) is 4.70. The fourth-order valence-electron chi connectivity index (χ4n) is 2.22. The van der Waals surface area contributed by atoms with Crippen molar-refractivity contribution >= 4 is 16.8 Å². The molecule has 0 radical (unpaired) electrons. The number of hydrogen-bond acceptors (Lipinski definition) is 4. The summed E-state index contributed by atoms with van der Waals surface area (Å²) in [5, 5.41) is 4.94. The number of rotatable bonds is 3. The van der Waals surface area contributed by atoms with Gasteiger partial charge in [-0.3, -0.25) is 4.79 Å². The molecule has 0 saturated carbocycles. The first-order chi connectivity index (χ1) is 10.1. The molecule has 0 atom stereocenters. The second-order valence-corrected chi connectivity index (χ2v) is 4.70. The highest BCUT2D eigenvalue weighted by Gasteiger charge is 2.17. The summed E-state index contributed by atoms with van der Waals surface area (Å²) in [7, 11) is 1.57. The van der Waals surface area contributed by atoms with Crippen molar-refractivity contribution in [3.8, 4) is 11.6 Å². The summed E-state index contributed by atoms with van der Waals surface area (Å²) < 4.78 is 6.80. The Morgan fingerprint density at radius 3 is 2.76 bits per heavy atom. The fourth-order valence-corrected chi connectivity index (χ4v) is 2.22. The van der Waals surface area contributed by atoms with Crippen molar-refractivity contribution in [2.45, 2.75) is 6.92 Å². The number of carbonyl (C=O) groups excluding carboxylic acids is 1. The van der Waals surface area contributed by atoms with Crippen LogP contribution in [-0.2, 0) is 0 Å². The van der Waals surface area contributed by atoms with E-state index in [1.807, 2.05) is 25.1 Å². The Labute approximate surface area is 121 Å². The van der Waals surface area contributed by atoms with E-state index in [0.717, 1.165) is 11.1 Å². The third-order valence-corrected chi connectivity index (χ3v) is 3.24. The maximum atomic E-state index is 11.6. The average molecular weight is 282 g/mol. The normalized spacial score (nSPS) is 10.8. The van der Waals surface area contributed by atoms with E-state index in [1.165, 1.54) is 0 Å². The first kappa shape index (κ1) is 13.1. The molecule has 106 valence electrons. The van der Waals surface area contributed by atoms with Crippen LogP contribution < -0.4 is 10.5 Å². The van der Waals surface area contributed by atoms with Crippen molar-refractivity contribution < 1.29 is 9.53 Å². The van der Waals surface area contributed by atoms with Gasteiger partial charge in [-0.05, 0) is 42.8 Å². The van der Waals surface area contributed by atoms with Crippen LogP contribution in [0.25, 0.3) is 16.7 Å². The molecule has 0 aliphatic heterocycles. The van der Waals surface area contributed by atoms with Crippen LogP contribution in [0.5, 0.6) is 5.75 Å². The molecule has 0 bridgehead atoms. The smallest absolute Gasteiger partial charge is 0.269 e. The summed E-state index contributed by atoms with van der Waals surface area (Å²) in [6.45, 7) is 1.97. The largest absolute Gasteiger partial charge is 0.497 e. The molecule has 0 fully saturated rings. The lowest BCUT2D eigenvalue weighted by Gasteiger charge is -2.04. The molecular weight excluding hydrogens is 268 g/mol. The van der Waals surface area contributed by atoms with Gasteiger partial charge in [0.25, 0.3) is 5.91 Å². The molecule has 2 heterocycles. The van der Waals surface area contributed by atoms with Crippen molar-refractivity contribution in [2.24, 2.45) is 5.73 Å². The Morgan fingerprint density at radius 2 is 2.10 bits per heavy atom. The van der Waals surface area contributed by atoms with E-state index in [-0.39, 0.29) is 5.69 Å². The zero-order chi connectivity index (χ0) is 15.0. The molecule has 3 rings (SSSR count). The van der Waals surface area contributed by atoms with Gasteiger partial charge in [0.05, 0.1) is 12.6 Å². The lowest BCUT2D eigenvalue weighted by molar-refractivity contribution is 0.0996. The van der Waals surface area contributed by atoms with Gasteiger partial charge < -0.3 is 10.5 Å². The SMILES string of the molecule is COc1ccc2c(c1)c(C(N)=O)nn2-c1cc(C)ccn1. The minimum absolute atomic E-state index is 0.201. The van der Waals surface area contributed by atoms with Gasteiger partial charge in [0.2, 0.25) is 0 Å². The number of amides is 1. The van der Waals surface area contributed by atoms with Crippen LogP contribution in [0, 0.1) is 6.92 Å². The van der Waals surface area contributed by atoms with Crippen molar-refractivity contribution in [1.29, 1.82) is 0 Å². The van der Waals surface area contributed by atoms with Crippen molar-refractivity contribution in [3.05, 3.63) is 47.8 Å². The zero-order valence-corrected chi connectivity index (χ0v) is 11.7. The molecule has 0 unspecified atom stereocenters. The molecule has 0 saturated heterocycles. The highest BCUT2D eigenvalue weighted by atomic mass is 16.5. The molecule has 2 aromatic heterocycles. The number of benzene rings is 1. The van der Waals surface area contributed by atoms with Gasteiger partial charge in [0, 0.05) is 11.6 Å². The second kappa shape index (κ2) is 4.90. The van der Waals surface area contributed by atoms with E-state index in [0.29, 0.717) is 17.0 Å². The molecule has 21 heavy (non-hydrogen) atoms. The Morgan fingerprint density at radius 1 is 1.29 bits per heavy atom. The summed E-state index contributed by atoms with van der Waals surface area (Å²) in [5.41, 5.74) is 7.42. The summed E-state index contributed by atoms with van der Waals surface area (Å²) >= 11 is 0. The summed E-state index contributed by atoms with van der Waals surface area (Å²) in [6.07, 6.45) is 1.70. The lowest BCUT2D eigenvalue weighted by atomic mass is 10.2. The minimum atomic E-state index is -0.584. The highest BCUT2D eigenvalue weighted by Crippen LogP contribution is 2.25. The Kier molecular flexibility index (Phi) is 3.06. The molecule has 3 aromatic rings. The summed E-state index contributed by atoms with van der Waals surface area (Å²) in [5.74, 6) is 0.694. The molecule has 0 spiro atoms. The van der Waals surface area contributed by atoms with Crippen LogP contribution in [0.1, 0.15) is 16.1 Å². The van der Waals surface area contributed by atoms with Crippen molar-refractivity contribution in [3.63, 3.8) is 0 Å². The van der Waals surface area contributed by atoms with E-state index in [4.69, 9.17) is 10.5 Å². The van der Waals surface area contributed by atoms with Crippen LogP contribution in [0.4, 0.5) is 0 Å². The average Bonchev–Trinajstić information content (AvgIpc) is 2.86. The molecule has 0 aliphatic rings. The van der Waals surface area contributed by atoms with Crippen LogP contribution >= 0.6 is 0 Å². The van der Waals surface area contributed by atoms with Crippen molar-refractivity contribution in [2.75, 3.05) is 7.11 Å². The molecule has 1 amide bonds. The Hall–Kier alpha value is -2.89. The van der Waals surface area contributed by atoms with E-state index >= 15 is 0 Å². The number of hydrogen-bond donors (Lipinski definition) is 1. The van der Waals surface area contributed by atoms with E-state index in [1.54, 1.807) is 30.1 Å². The topological polar surface area (TPSA) is 83.0 Å². The lowest BCUT2D eigenvalue weighted by Crippen LogP contribution is -2.12. The van der Waals surface area contributed by atoms with Gasteiger partial charge >= 0.3 is 0 Å². The standard InChI is InChI=1S/C15H14N4O2/c1-9-5-6-17-13(7-9)19-12-4-3-10(21-2)8-11(12)14(18-19)15(16)20/h3-8H,1-2H3,(H2,16,20). The predicted molar refractivity (Wildman–Crippen MR) is 78.7 cm³/mol. The third kappa shape index (κ3) is 2.20. The van der Waals surface area contributed by atoms with E-state index in [2.05, 4.69) is 10.1 Å². The van der Waals surface area contributed by atoms with Crippen LogP contribution in [-0.4, -0.2) is 27.8 Å². The van der Waals surface area contributed by atoms with Gasteiger partial charge in [-0.15, -0.1) is 0 Å². The predicted octanol–water partition coefficient (Wildman–Crippen LogP) is 1.84.